The molecule has 19 nitrogen and oxygen atoms in total. The molecule has 0 aliphatic carbocycles. The molecule has 2 aliphatic heterocycles. The van der Waals surface area contributed by atoms with Crippen molar-refractivity contribution >= 4 is 57.9 Å². The van der Waals surface area contributed by atoms with Crippen LogP contribution >= 0.6 is 11.3 Å². The quantitative estimate of drug-likeness (QED) is 0.0478. The highest BCUT2D eigenvalue weighted by molar-refractivity contribution is 7.13. The summed E-state index contributed by atoms with van der Waals surface area (Å²) in [6, 6.07) is 12.9. The Bertz CT molecular complexity index is 2730. The van der Waals surface area contributed by atoms with Crippen molar-refractivity contribution in [3.05, 3.63) is 71.5 Å². The fourth-order valence-corrected chi connectivity index (χ4v) is 10.1. The molecule has 5 aromatic rings. The SMILES string of the molecule is COc1cc(OC)cc(-c2cc3cnc(NCCCN4CCN(CCCC(=O)N[C@H](C(=O)N5C[C@H](O)C[C@H]5C(=O)N[C@H](C)c5ccc(-c6scnc6C)cc5)C(C)(C)C)CC4)nc3nc2NC(=O)NC(C)(C)C)c1. The third-order valence-corrected chi connectivity index (χ3v) is 14.3. The van der Waals surface area contributed by atoms with Gasteiger partial charge in [-0.2, -0.15) is 4.98 Å². The van der Waals surface area contributed by atoms with Crippen LogP contribution in [-0.2, 0) is 14.4 Å². The van der Waals surface area contributed by atoms with Crippen LogP contribution in [-0.4, -0.2) is 154 Å². The predicted octanol–water partition coefficient (Wildman–Crippen LogP) is 6.63. The fraction of sp³-hybridized carbons (Fsp3) is 0.519. The number of urea groups is 1. The van der Waals surface area contributed by atoms with Crippen molar-refractivity contribution < 1.29 is 33.8 Å². The largest absolute Gasteiger partial charge is 0.497 e. The number of aliphatic hydroxyl groups excluding tert-OH is 1. The predicted molar refractivity (Wildman–Crippen MR) is 289 cm³/mol. The Kier molecular flexibility index (Phi) is 18.1. The minimum Gasteiger partial charge on any atom is -0.497 e. The smallest absolute Gasteiger partial charge is 0.320 e. The first kappa shape index (κ1) is 55.3. The van der Waals surface area contributed by atoms with Crippen LogP contribution in [0.1, 0.15) is 91.4 Å². The second kappa shape index (κ2) is 24.2. The summed E-state index contributed by atoms with van der Waals surface area (Å²) in [5, 5.41) is 26.7. The lowest BCUT2D eigenvalue weighted by Gasteiger charge is -2.36. The molecule has 2 aromatic carbocycles. The van der Waals surface area contributed by atoms with Gasteiger partial charge in [-0.3, -0.25) is 19.7 Å². The molecule has 74 heavy (non-hydrogen) atoms. The number of amides is 5. The number of anilines is 2. The summed E-state index contributed by atoms with van der Waals surface area (Å²) < 4.78 is 11.0. The number of piperazine rings is 1. The van der Waals surface area contributed by atoms with Crippen molar-refractivity contribution in [3.8, 4) is 33.1 Å². The minimum absolute atomic E-state index is 0.0146. The first-order chi connectivity index (χ1) is 35.2. The van der Waals surface area contributed by atoms with Gasteiger partial charge >= 0.3 is 6.03 Å². The number of rotatable bonds is 19. The van der Waals surface area contributed by atoms with Gasteiger partial charge in [0.25, 0.3) is 0 Å². The van der Waals surface area contributed by atoms with Gasteiger partial charge in [0.05, 0.1) is 42.4 Å². The summed E-state index contributed by atoms with van der Waals surface area (Å²) >= 11 is 1.58. The Morgan fingerprint density at radius 3 is 2.12 bits per heavy atom. The van der Waals surface area contributed by atoms with E-state index >= 15 is 0 Å². The zero-order chi connectivity index (χ0) is 53.3. The van der Waals surface area contributed by atoms with Crippen LogP contribution in [0.4, 0.5) is 16.6 Å². The minimum atomic E-state index is -0.884. The molecule has 7 rings (SSSR count). The van der Waals surface area contributed by atoms with E-state index in [-0.39, 0.29) is 43.1 Å². The molecule has 3 aromatic heterocycles. The number of hydrogen-bond acceptors (Lipinski definition) is 15. The fourth-order valence-electron chi connectivity index (χ4n) is 9.26. The first-order valence-electron chi connectivity index (χ1n) is 25.5. The summed E-state index contributed by atoms with van der Waals surface area (Å²) in [4.78, 5) is 80.2. The molecule has 2 fully saturated rings. The summed E-state index contributed by atoms with van der Waals surface area (Å²) in [5.41, 5.74) is 5.46. The highest BCUT2D eigenvalue weighted by Crippen LogP contribution is 2.36. The van der Waals surface area contributed by atoms with E-state index in [0.29, 0.717) is 52.8 Å². The van der Waals surface area contributed by atoms with E-state index in [0.717, 1.165) is 73.0 Å². The number of pyridine rings is 1. The summed E-state index contributed by atoms with van der Waals surface area (Å²) in [6.07, 6.45) is 2.74. The monoisotopic (exact) mass is 1030 g/mol. The van der Waals surface area contributed by atoms with E-state index in [9.17, 15) is 24.3 Å². The average molecular weight is 1040 g/mol. The number of β-amino-alcohol motifs (C(OH)–C–C–N with tert-alkyl or cyclic N) is 1. The van der Waals surface area contributed by atoms with E-state index in [1.807, 2.05) is 103 Å². The Balaban J connectivity index is 0.850. The molecule has 0 spiro atoms. The number of ether oxygens (including phenoxy) is 2. The maximum atomic E-state index is 14.2. The number of hydrogen-bond donors (Lipinski definition) is 6. The van der Waals surface area contributed by atoms with Crippen LogP contribution in [0.2, 0.25) is 0 Å². The highest BCUT2D eigenvalue weighted by atomic mass is 32.1. The molecule has 0 radical (unpaired) electrons. The lowest BCUT2D eigenvalue weighted by Crippen LogP contribution is -2.57. The van der Waals surface area contributed by atoms with Gasteiger partial charge in [0.15, 0.2) is 5.65 Å². The molecule has 2 aliphatic rings. The summed E-state index contributed by atoms with van der Waals surface area (Å²) in [6.45, 7) is 21.1. The maximum absolute atomic E-state index is 14.2. The Hall–Kier alpha value is -6.48. The number of nitrogens with one attached hydrogen (secondary N) is 5. The Labute approximate surface area is 438 Å². The summed E-state index contributed by atoms with van der Waals surface area (Å²) in [7, 11) is 3.16. The number of aliphatic hydroxyl groups is 1. The van der Waals surface area contributed by atoms with Crippen molar-refractivity contribution in [3.63, 3.8) is 0 Å². The molecule has 0 bridgehead atoms. The van der Waals surface area contributed by atoms with Crippen LogP contribution in [0.3, 0.4) is 0 Å². The standard InChI is InChI=1S/C54H74N12O7S/c1-33(35-14-16-36(17-15-35)45-34(2)57-32-74-45)58-49(69)43-28-39(67)31-66(43)50(70)46(53(3,4)5)59-44(68)13-11-19-64-21-23-65(24-22-64)20-12-18-55-51-56-30-38-27-42(37-25-40(72-9)29-41(26-37)73-10)48(60-47(38)61-51)62-52(71)63-54(6,7)8/h14-17,25-27,29-30,32-33,39,43,46,67H,11-13,18-24,28,31H2,1-10H3,(H,58,69)(H,59,68)(H3,55,56,60,61,62,63,71)/t33-,39-,43+,46-/m1/s1. The molecule has 398 valence electrons. The summed E-state index contributed by atoms with van der Waals surface area (Å²) in [5.74, 6) is 1.01. The number of carbonyl (C=O) groups is 4. The number of likely N-dealkylation sites (tertiary alicyclic amines) is 1. The van der Waals surface area contributed by atoms with Crippen LogP contribution in [0.5, 0.6) is 11.5 Å². The molecular weight excluding hydrogens is 961 g/mol. The zero-order valence-corrected chi connectivity index (χ0v) is 45.3. The van der Waals surface area contributed by atoms with Gasteiger partial charge in [0, 0.05) is 80.9 Å². The van der Waals surface area contributed by atoms with Crippen molar-refractivity contribution in [1.29, 1.82) is 0 Å². The third-order valence-electron chi connectivity index (χ3n) is 13.3. The number of carbonyl (C=O) groups excluding carboxylic acids is 4. The molecule has 0 saturated carbocycles. The number of nitrogens with zero attached hydrogens (tertiary/aromatic N) is 7. The number of aromatic nitrogens is 4. The van der Waals surface area contributed by atoms with Gasteiger partial charge in [-0.05, 0) is 101 Å². The van der Waals surface area contributed by atoms with E-state index < -0.39 is 35.2 Å². The third kappa shape index (κ3) is 14.6. The molecule has 5 heterocycles. The van der Waals surface area contributed by atoms with E-state index in [1.165, 1.54) is 4.90 Å². The zero-order valence-electron chi connectivity index (χ0n) is 44.5. The van der Waals surface area contributed by atoms with E-state index in [1.54, 1.807) is 37.8 Å². The highest BCUT2D eigenvalue weighted by Gasteiger charge is 2.44. The molecule has 2 saturated heterocycles. The number of aryl methyl sites for hydroxylation is 1. The topological polar surface area (TPSA) is 228 Å². The van der Waals surface area contributed by atoms with E-state index in [2.05, 4.69) is 46.4 Å². The van der Waals surface area contributed by atoms with Crippen molar-refractivity contribution in [2.75, 3.05) is 77.2 Å². The Morgan fingerprint density at radius 2 is 1.51 bits per heavy atom. The van der Waals surface area contributed by atoms with Crippen LogP contribution in [0.25, 0.3) is 32.6 Å². The van der Waals surface area contributed by atoms with E-state index in [4.69, 9.17) is 19.4 Å². The molecule has 4 atom stereocenters. The van der Waals surface area contributed by atoms with Gasteiger partial charge in [0.1, 0.15) is 29.4 Å². The molecule has 5 amide bonds. The maximum Gasteiger partial charge on any atom is 0.320 e. The van der Waals surface area contributed by atoms with Crippen LogP contribution in [0, 0.1) is 12.3 Å². The van der Waals surface area contributed by atoms with Crippen LogP contribution < -0.4 is 36.1 Å². The average Bonchev–Trinajstić information content (AvgIpc) is 3.98. The number of fused-ring (bicyclic) bond motifs is 1. The van der Waals surface area contributed by atoms with Crippen molar-refractivity contribution in [1.82, 2.24) is 50.6 Å². The van der Waals surface area contributed by atoms with Crippen LogP contribution in [0.15, 0.2) is 60.2 Å². The van der Waals surface area contributed by atoms with Crippen molar-refractivity contribution in [2.24, 2.45) is 5.41 Å². The molecule has 6 N–H and O–H groups in total. The Morgan fingerprint density at radius 1 is 0.851 bits per heavy atom. The molecule has 20 heteroatoms. The van der Waals surface area contributed by atoms with Gasteiger partial charge in [-0.1, -0.05) is 45.0 Å². The normalized spacial score (nSPS) is 17.4. The van der Waals surface area contributed by atoms with Gasteiger partial charge in [-0.15, -0.1) is 11.3 Å². The number of benzene rings is 2. The lowest BCUT2D eigenvalue weighted by atomic mass is 9.85. The van der Waals surface area contributed by atoms with Crippen molar-refractivity contribution in [2.45, 2.75) is 111 Å². The van der Waals surface area contributed by atoms with Gasteiger partial charge < -0.3 is 50.5 Å². The second-order valence-electron chi connectivity index (χ2n) is 21.4. The van der Waals surface area contributed by atoms with Gasteiger partial charge in [-0.25, -0.2) is 19.7 Å². The second-order valence-corrected chi connectivity index (χ2v) is 22.2. The van der Waals surface area contributed by atoms with Gasteiger partial charge in [0.2, 0.25) is 23.7 Å². The lowest BCUT2D eigenvalue weighted by molar-refractivity contribution is -0.144. The molecular formula is C54H74N12O7S. The molecule has 0 unspecified atom stereocenters. The number of methoxy groups -OCH3 is 2. The number of thiazole rings is 1. The first-order valence-corrected chi connectivity index (χ1v) is 26.3.